The molecule has 3 heterocycles. The summed E-state index contributed by atoms with van der Waals surface area (Å²) in [6.07, 6.45) is 2.08. The number of alkyl halides is 1. The first-order valence-electron chi connectivity index (χ1n) is 8.08. The van der Waals surface area contributed by atoms with E-state index in [0.717, 1.165) is 22.3 Å². The third-order valence-corrected chi connectivity index (χ3v) is 3.98. The van der Waals surface area contributed by atoms with Crippen molar-refractivity contribution in [1.29, 1.82) is 0 Å². The van der Waals surface area contributed by atoms with Gasteiger partial charge < -0.3 is 9.15 Å². The number of hydrogen-bond acceptors (Lipinski definition) is 6. The Kier molecular flexibility index (Phi) is 4.08. The van der Waals surface area contributed by atoms with Gasteiger partial charge in [0.15, 0.2) is 6.17 Å². The topological polar surface area (TPSA) is 78.9 Å². The second kappa shape index (κ2) is 6.55. The van der Waals surface area contributed by atoms with Crippen molar-refractivity contribution in [3.05, 3.63) is 54.3 Å². The maximum Gasteiger partial charge on any atom is 0.250 e. The van der Waals surface area contributed by atoms with Gasteiger partial charge in [0.2, 0.25) is 5.89 Å². The number of pyridine rings is 1. The summed E-state index contributed by atoms with van der Waals surface area (Å²) >= 11 is 0. The summed E-state index contributed by atoms with van der Waals surface area (Å²) in [6.45, 7) is 1.66. The molecule has 132 valence electrons. The fraction of sp³-hybridized carbons (Fsp3) is 0.222. The van der Waals surface area contributed by atoms with Gasteiger partial charge in [-0.05, 0) is 31.2 Å². The predicted octanol–water partition coefficient (Wildman–Crippen LogP) is 3.63. The van der Waals surface area contributed by atoms with Crippen molar-refractivity contribution in [2.75, 3.05) is 0 Å². The zero-order chi connectivity index (χ0) is 18.1. The van der Waals surface area contributed by atoms with Gasteiger partial charge in [0, 0.05) is 13.2 Å². The average Bonchev–Trinajstić information content (AvgIpc) is 3.29. The van der Waals surface area contributed by atoms with Crippen LogP contribution in [-0.4, -0.2) is 25.0 Å². The highest BCUT2D eigenvalue weighted by Crippen LogP contribution is 2.26. The molecule has 0 amide bonds. The molecule has 0 spiro atoms. The first kappa shape index (κ1) is 16.2. The van der Waals surface area contributed by atoms with Crippen molar-refractivity contribution in [3.63, 3.8) is 0 Å². The second-order valence-electron chi connectivity index (χ2n) is 5.85. The van der Waals surface area contributed by atoms with E-state index in [0.29, 0.717) is 12.2 Å². The molecule has 0 aliphatic rings. The molecule has 0 aliphatic heterocycles. The predicted molar refractivity (Wildman–Crippen MR) is 92.1 cm³/mol. The van der Waals surface area contributed by atoms with Gasteiger partial charge in [-0.25, -0.2) is 4.39 Å². The molecule has 26 heavy (non-hydrogen) atoms. The highest BCUT2D eigenvalue weighted by Gasteiger charge is 2.14. The fourth-order valence-corrected chi connectivity index (χ4v) is 2.58. The Morgan fingerprint density at radius 2 is 2.08 bits per heavy atom. The molecule has 1 unspecified atom stereocenters. The molecule has 0 saturated carbocycles. The Bertz CT molecular complexity index is 1040. The molecule has 0 bridgehead atoms. The molecule has 4 aromatic rings. The number of aryl methyl sites for hydroxylation is 1. The number of rotatable bonds is 5. The summed E-state index contributed by atoms with van der Waals surface area (Å²) in [7, 11) is 1.89. The Morgan fingerprint density at radius 1 is 1.19 bits per heavy atom. The van der Waals surface area contributed by atoms with Gasteiger partial charge in [-0.1, -0.05) is 6.07 Å². The zero-order valence-corrected chi connectivity index (χ0v) is 14.3. The van der Waals surface area contributed by atoms with E-state index >= 15 is 0 Å². The molecule has 1 atom stereocenters. The molecule has 0 saturated heterocycles. The lowest BCUT2D eigenvalue weighted by Crippen LogP contribution is -1.98. The quantitative estimate of drug-likeness (QED) is 0.545. The number of nitrogens with zero attached hydrogens (tertiary/aromatic N) is 5. The van der Waals surface area contributed by atoms with Crippen LogP contribution in [0.15, 0.2) is 47.1 Å². The number of fused-ring (bicyclic) bond motifs is 1. The summed E-state index contributed by atoms with van der Waals surface area (Å²) in [4.78, 5) is 4.34. The number of hydrogen-bond donors (Lipinski definition) is 0. The monoisotopic (exact) mass is 353 g/mol. The standard InChI is InChI=1S/C18H16FN5O2/c1-11(19)17-22-23-18(26-17)12-6-7-13(20-8-12)10-25-16-5-3-4-15-14(16)9-21-24(15)2/h3-9,11H,10H2,1-2H3. The molecule has 4 rings (SSSR count). The van der Waals surface area contributed by atoms with E-state index in [1.807, 2.05) is 31.3 Å². The zero-order valence-electron chi connectivity index (χ0n) is 14.3. The van der Waals surface area contributed by atoms with E-state index in [4.69, 9.17) is 9.15 Å². The van der Waals surface area contributed by atoms with Crippen LogP contribution in [0.25, 0.3) is 22.4 Å². The molecule has 7 nitrogen and oxygen atoms in total. The molecule has 8 heteroatoms. The minimum atomic E-state index is -1.30. The third-order valence-electron chi connectivity index (χ3n) is 3.98. The van der Waals surface area contributed by atoms with E-state index in [2.05, 4.69) is 20.3 Å². The van der Waals surface area contributed by atoms with Crippen LogP contribution in [0.3, 0.4) is 0 Å². The third kappa shape index (κ3) is 3.01. The van der Waals surface area contributed by atoms with Crippen molar-refractivity contribution in [2.45, 2.75) is 19.7 Å². The van der Waals surface area contributed by atoms with Gasteiger partial charge in [-0.3, -0.25) is 9.67 Å². The highest BCUT2D eigenvalue weighted by atomic mass is 19.1. The number of ether oxygens (including phenoxy) is 1. The van der Waals surface area contributed by atoms with Gasteiger partial charge in [-0.15, -0.1) is 10.2 Å². The number of aromatic nitrogens is 5. The lowest BCUT2D eigenvalue weighted by molar-refractivity contribution is 0.301. The van der Waals surface area contributed by atoms with E-state index in [9.17, 15) is 4.39 Å². The molecule has 3 aromatic heterocycles. The van der Waals surface area contributed by atoms with Crippen molar-refractivity contribution < 1.29 is 13.5 Å². The lowest BCUT2D eigenvalue weighted by Gasteiger charge is -2.07. The van der Waals surface area contributed by atoms with Crippen LogP contribution in [0.4, 0.5) is 4.39 Å². The van der Waals surface area contributed by atoms with Crippen LogP contribution in [0.5, 0.6) is 5.75 Å². The van der Waals surface area contributed by atoms with Gasteiger partial charge in [0.05, 0.1) is 28.4 Å². The Morgan fingerprint density at radius 3 is 2.81 bits per heavy atom. The SMILES string of the molecule is CC(F)c1nnc(-c2ccc(COc3cccc4c3cnn4C)nc2)o1. The summed E-state index contributed by atoms with van der Waals surface area (Å²) < 4.78 is 26.1. The van der Waals surface area contributed by atoms with Gasteiger partial charge in [0.1, 0.15) is 12.4 Å². The maximum absolute atomic E-state index is 13.2. The molecule has 0 N–H and O–H groups in total. The van der Waals surface area contributed by atoms with Crippen LogP contribution < -0.4 is 4.74 Å². The minimum absolute atomic E-state index is 0.0445. The fourth-order valence-electron chi connectivity index (χ4n) is 2.58. The Hall–Kier alpha value is -3.29. The number of benzene rings is 1. The minimum Gasteiger partial charge on any atom is -0.487 e. The summed E-state index contributed by atoms with van der Waals surface area (Å²) in [6, 6.07) is 9.41. The van der Waals surface area contributed by atoms with Crippen molar-refractivity contribution in [3.8, 4) is 17.2 Å². The Balaban J connectivity index is 1.48. The lowest BCUT2D eigenvalue weighted by atomic mass is 10.2. The van der Waals surface area contributed by atoms with Gasteiger partial charge >= 0.3 is 0 Å². The first-order chi connectivity index (χ1) is 12.6. The van der Waals surface area contributed by atoms with Gasteiger partial charge in [0.25, 0.3) is 5.89 Å². The number of halogens is 1. The van der Waals surface area contributed by atoms with Crippen LogP contribution in [0.1, 0.15) is 24.7 Å². The molecule has 0 aliphatic carbocycles. The van der Waals surface area contributed by atoms with Gasteiger partial charge in [-0.2, -0.15) is 5.10 Å². The van der Waals surface area contributed by atoms with Crippen molar-refractivity contribution >= 4 is 10.9 Å². The molecular weight excluding hydrogens is 337 g/mol. The molecule has 1 aromatic carbocycles. The van der Waals surface area contributed by atoms with Crippen LogP contribution in [0, 0.1) is 0 Å². The van der Waals surface area contributed by atoms with Crippen LogP contribution in [-0.2, 0) is 13.7 Å². The maximum atomic E-state index is 13.2. The summed E-state index contributed by atoms with van der Waals surface area (Å²) in [5.74, 6) is 0.946. The van der Waals surface area contributed by atoms with E-state index in [1.165, 1.54) is 6.92 Å². The summed E-state index contributed by atoms with van der Waals surface area (Å²) in [5.41, 5.74) is 2.37. The Labute approximate surface area is 148 Å². The largest absolute Gasteiger partial charge is 0.487 e. The van der Waals surface area contributed by atoms with E-state index in [1.54, 1.807) is 23.1 Å². The van der Waals surface area contributed by atoms with Crippen molar-refractivity contribution in [2.24, 2.45) is 7.05 Å². The van der Waals surface area contributed by atoms with E-state index in [-0.39, 0.29) is 11.8 Å². The normalized spacial score (nSPS) is 12.4. The van der Waals surface area contributed by atoms with E-state index < -0.39 is 6.17 Å². The smallest absolute Gasteiger partial charge is 0.250 e. The highest BCUT2D eigenvalue weighted by molar-refractivity contribution is 5.85. The molecule has 0 fully saturated rings. The summed E-state index contributed by atoms with van der Waals surface area (Å²) in [5, 5.41) is 12.7. The van der Waals surface area contributed by atoms with Crippen molar-refractivity contribution in [1.82, 2.24) is 25.0 Å². The average molecular weight is 353 g/mol. The van der Waals surface area contributed by atoms with Crippen LogP contribution in [0.2, 0.25) is 0 Å². The first-order valence-corrected chi connectivity index (χ1v) is 8.08. The molecular formula is C18H16FN5O2. The van der Waals surface area contributed by atoms with Crippen LogP contribution >= 0.6 is 0 Å². The second-order valence-corrected chi connectivity index (χ2v) is 5.85. The molecule has 0 radical (unpaired) electrons.